The number of nitrogens with two attached hydrogens (primary N) is 1. The zero-order valence-corrected chi connectivity index (χ0v) is 11.5. The van der Waals surface area contributed by atoms with Crippen molar-refractivity contribution in [3.63, 3.8) is 0 Å². The van der Waals surface area contributed by atoms with Crippen molar-refractivity contribution in [1.29, 1.82) is 0 Å². The Morgan fingerprint density at radius 3 is 2.33 bits per heavy atom. The maximum Gasteiger partial charge on any atom is 0.228 e. The first-order valence-electron chi connectivity index (χ1n) is 7.21. The highest BCUT2D eigenvalue weighted by Crippen LogP contribution is 2.33. The molecule has 1 saturated heterocycles. The molecule has 1 amide bonds. The third-order valence-electron chi connectivity index (χ3n) is 4.69. The number of nitrogens with one attached hydrogen (secondary N) is 1. The summed E-state index contributed by atoms with van der Waals surface area (Å²) in [6.07, 6.45) is 7.43. The van der Waals surface area contributed by atoms with Gasteiger partial charge in [0.15, 0.2) is 0 Å². The molecular formula is C14H26N2O2. The third-order valence-corrected chi connectivity index (χ3v) is 4.69. The first kappa shape index (κ1) is 13.8. The van der Waals surface area contributed by atoms with Gasteiger partial charge >= 0.3 is 0 Å². The van der Waals surface area contributed by atoms with Crippen LogP contribution in [0.4, 0.5) is 0 Å². The van der Waals surface area contributed by atoms with E-state index in [4.69, 9.17) is 10.5 Å². The summed E-state index contributed by atoms with van der Waals surface area (Å²) in [7, 11) is 0. The highest BCUT2D eigenvalue weighted by molar-refractivity contribution is 5.83. The molecule has 1 saturated carbocycles. The van der Waals surface area contributed by atoms with Crippen LogP contribution in [0, 0.1) is 5.41 Å². The largest absolute Gasteiger partial charge is 0.381 e. The van der Waals surface area contributed by atoms with Crippen molar-refractivity contribution in [2.45, 2.75) is 57.4 Å². The molecule has 2 fully saturated rings. The maximum absolute atomic E-state index is 12.6. The van der Waals surface area contributed by atoms with Crippen LogP contribution in [0.2, 0.25) is 0 Å². The molecule has 0 aromatic carbocycles. The molecule has 1 aliphatic carbocycles. The molecule has 0 radical (unpaired) electrons. The minimum atomic E-state index is -0.390. The van der Waals surface area contributed by atoms with Crippen LogP contribution in [0.5, 0.6) is 0 Å². The maximum atomic E-state index is 12.6. The summed E-state index contributed by atoms with van der Waals surface area (Å²) in [5.41, 5.74) is 5.46. The Balaban J connectivity index is 2.00. The smallest absolute Gasteiger partial charge is 0.228 e. The Morgan fingerprint density at radius 2 is 1.78 bits per heavy atom. The van der Waals surface area contributed by atoms with E-state index in [1.807, 2.05) is 0 Å². The van der Waals surface area contributed by atoms with Gasteiger partial charge in [-0.15, -0.1) is 0 Å². The summed E-state index contributed by atoms with van der Waals surface area (Å²) in [5.74, 6) is 0.151. The van der Waals surface area contributed by atoms with Crippen molar-refractivity contribution >= 4 is 5.91 Å². The lowest BCUT2D eigenvalue weighted by Crippen LogP contribution is -2.56. The van der Waals surface area contributed by atoms with E-state index in [-0.39, 0.29) is 11.4 Å². The molecule has 0 bridgehead atoms. The first-order chi connectivity index (χ1) is 8.60. The lowest BCUT2D eigenvalue weighted by molar-refractivity contribution is -0.138. The summed E-state index contributed by atoms with van der Waals surface area (Å²) >= 11 is 0. The fourth-order valence-corrected chi connectivity index (χ4v) is 3.15. The van der Waals surface area contributed by atoms with E-state index in [9.17, 15) is 4.79 Å². The highest BCUT2D eigenvalue weighted by Gasteiger charge is 2.41. The number of ether oxygens (including phenoxy) is 1. The predicted octanol–water partition coefficient (Wildman–Crippen LogP) is 1.58. The fraction of sp³-hybridized carbons (Fsp3) is 0.929. The SMILES string of the molecule is CC1(NC(=O)C2(CN)CCOCC2)CCCCC1. The van der Waals surface area contributed by atoms with Crippen LogP contribution in [-0.4, -0.2) is 31.2 Å². The highest BCUT2D eigenvalue weighted by atomic mass is 16.5. The molecule has 4 heteroatoms. The van der Waals surface area contributed by atoms with Crippen LogP contribution in [-0.2, 0) is 9.53 Å². The Hall–Kier alpha value is -0.610. The Morgan fingerprint density at radius 1 is 1.17 bits per heavy atom. The molecule has 3 N–H and O–H groups in total. The molecule has 2 rings (SSSR count). The minimum absolute atomic E-state index is 0.0180. The fourth-order valence-electron chi connectivity index (χ4n) is 3.15. The Kier molecular flexibility index (Phi) is 4.28. The van der Waals surface area contributed by atoms with Crippen LogP contribution in [0.15, 0.2) is 0 Å². The van der Waals surface area contributed by atoms with E-state index >= 15 is 0 Å². The molecular weight excluding hydrogens is 228 g/mol. The predicted molar refractivity (Wildman–Crippen MR) is 71.2 cm³/mol. The van der Waals surface area contributed by atoms with Crippen LogP contribution in [0.25, 0.3) is 0 Å². The number of hydrogen-bond acceptors (Lipinski definition) is 3. The van der Waals surface area contributed by atoms with Gasteiger partial charge in [0.2, 0.25) is 5.91 Å². The topological polar surface area (TPSA) is 64.4 Å². The van der Waals surface area contributed by atoms with Crippen molar-refractivity contribution in [2.75, 3.05) is 19.8 Å². The molecule has 4 nitrogen and oxygen atoms in total. The van der Waals surface area contributed by atoms with Gasteiger partial charge in [-0.1, -0.05) is 19.3 Å². The zero-order chi connectivity index (χ0) is 13.1. The molecule has 2 aliphatic rings. The summed E-state index contributed by atoms with van der Waals surface area (Å²) in [6.45, 7) is 3.91. The molecule has 0 aromatic rings. The third kappa shape index (κ3) is 2.86. The average Bonchev–Trinajstić information content (AvgIpc) is 2.39. The molecule has 104 valence electrons. The van der Waals surface area contributed by atoms with Gasteiger partial charge in [-0.05, 0) is 32.6 Å². The van der Waals surface area contributed by atoms with Gasteiger partial charge in [-0.3, -0.25) is 4.79 Å². The van der Waals surface area contributed by atoms with E-state index in [1.165, 1.54) is 19.3 Å². The van der Waals surface area contributed by atoms with Gasteiger partial charge < -0.3 is 15.8 Å². The van der Waals surface area contributed by atoms with Crippen molar-refractivity contribution < 1.29 is 9.53 Å². The molecule has 0 unspecified atom stereocenters. The van der Waals surface area contributed by atoms with Gasteiger partial charge in [-0.2, -0.15) is 0 Å². The average molecular weight is 254 g/mol. The summed E-state index contributed by atoms with van der Waals surface area (Å²) in [6, 6.07) is 0. The number of hydrogen-bond donors (Lipinski definition) is 2. The van der Waals surface area contributed by atoms with Crippen LogP contribution in [0.1, 0.15) is 51.9 Å². The summed E-state index contributed by atoms with van der Waals surface area (Å²) < 4.78 is 5.36. The first-order valence-corrected chi connectivity index (χ1v) is 7.21. The molecule has 1 aliphatic heterocycles. The van der Waals surface area contributed by atoms with Crippen molar-refractivity contribution in [3.05, 3.63) is 0 Å². The van der Waals surface area contributed by atoms with Crippen LogP contribution in [0.3, 0.4) is 0 Å². The Bertz CT molecular complexity index is 292. The number of rotatable bonds is 3. The lowest BCUT2D eigenvalue weighted by Gasteiger charge is -2.41. The monoisotopic (exact) mass is 254 g/mol. The van der Waals surface area contributed by atoms with Crippen LogP contribution < -0.4 is 11.1 Å². The minimum Gasteiger partial charge on any atom is -0.381 e. The second-order valence-corrected chi connectivity index (χ2v) is 6.17. The Labute approximate surface area is 110 Å². The number of carbonyl (C=O) groups is 1. The quantitative estimate of drug-likeness (QED) is 0.803. The molecule has 0 spiro atoms. The van der Waals surface area contributed by atoms with Crippen molar-refractivity contribution in [2.24, 2.45) is 11.1 Å². The van der Waals surface area contributed by atoms with E-state index in [0.717, 1.165) is 25.7 Å². The van der Waals surface area contributed by atoms with E-state index in [2.05, 4.69) is 12.2 Å². The molecule has 0 aromatic heterocycles. The molecule has 1 heterocycles. The standard InChI is InChI=1S/C14H26N2O2/c1-13(5-3-2-4-6-13)16-12(17)14(11-15)7-9-18-10-8-14/h2-11,15H2,1H3,(H,16,17). The van der Waals surface area contributed by atoms with Gasteiger partial charge in [0.05, 0.1) is 5.41 Å². The lowest BCUT2D eigenvalue weighted by atomic mass is 9.77. The van der Waals surface area contributed by atoms with Crippen molar-refractivity contribution in [1.82, 2.24) is 5.32 Å². The van der Waals surface area contributed by atoms with E-state index in [1.54, 1.807) is 0 Å². The normalized spacial score (nSPS) is 26.6. The second kappa shape index (κ2) is 5.57. The van der Waals surface area contributed by atoms with Gasteiger partial charge in [0, 0.05) is 25.3 Å². The van der Waals surface area contributed by atoms with Crippen molar-refractivity contribution in [3.8, 4) is 0 Å². The van der Waals surface area contributed by atoms with E-state index < -0.39 is 5.41 Å². The van der Waals surface area contributed by atoms with Crippen LogP contribution >= 0.6 is 0 Å². The summed E-state index contributed by atoms with van der Waals surface area (Å²) in [5, 5.41) is 3.28. The van der Waals surface area contributed by atoms with Gasteiger partial charge in [-0.25, -0.2) is 0 Å². The second-order valence-electron chi connectivity index (χ2n) is 6.17. The van der Waals surface area contributed by atoms with E-state index in [0.29, 0.717) is 19.8 Å². The molecule has 18 heavy (non-hydrogen) atoms. The van der Waals surface area contributed by atoms with Gasteiger partial charge in [0.1, 0.15) is 0 Å². The zero-order valence-electron chi connectivity index (χ0n) is 11.5. The number of amides is 1. The number of carbonyl (C=O) groups excluding carboxylic acids is 1. The summed E-state index contributed by atoms with van der Waals surface area (Å²) in [4.78, 5) is 12.6. The molecule has 0 atom stereocenters. The van der Waals surface area contributed by atoms with Gasteiger partial charge in [0.25, 0.3) is 0 Å².